The number of hydrogen-bond donors (Lipinski definition) is 1. The van der Waals surface area contributed by atoms with E-state index in [1.807, 2.05) is 13.0 Å². The van der Waals surface area contributed by atoms with Gasteiger partial charge in [0.2, 0.25) is 0 Å². The summed E-state index contributed by atoms with van der Waals surface area (Å²) in [5, 5.41) is 0. The molecule has 1 aromatic carbocycles. The number of thiophene rings is 1. The Morgan fingerprint density at radius 3 is 2.56 bits per heavy atom. The first-order chi connectivity index (χ1) is 8.22. The van der Waals surface area contributed by atoms with Crippen molar-refractivity contribution in [2.24, 2.45) is 5.73 Å². The Morgan fingerprint density at radius 1 is 1.22 bits per heavy atom. The largest absolute Gasteiger partial charge is 0.494 e. The van der Waals surface area contributed by atoms with E-state index in [1.54, 1.807) is 11.3 Å². The summed E-state index contributed by atoms with van der Waals surface area (Å²) < 4.78 is 5.57. The summed E-state index contributed by atoms with van der Waals surface area (Å²) in [6, 6.07) is 10.5. The minimum atomic E-state index is 0. The minimum Gasteiger partial charge on any atom is -0.494 e. The fourth-order valence-electron chi connectivity index (χ4n) is 1.76. The van der Waals surface area contributed by atoms with Crippen molar-refractivity contribution in [3.05, 3.63) is 40.8 Å². The van der Waals surface area contributed by atoms with E-state index < -0.39 is 0 Å². The van der Waals surface area contributed by atoms with Gasteiger partial charge in [0.25, 0.3) is 0 Å². The highest BCUT2D eigenvalue weighted by molar-refractivity contribution is 7.15. The maximum Gasteiger partial charge on any atom is 0.120 e. The van der Waals surface area contributed by atoms with E-state index in [0.717, 1.165) is 11.3 Å². The van der Waals surface area contributed by atoms with Crippen molar-refractivity contribution in [1.29, 1.82) is 0 Å². The molecule has 0 bridgehead atoms. The van der Waals surface area contributed by atoms with Gasteiger partial charge in [-0.3, -0.25) is 0 Å². The Morgan fingerprint density at radius 2 is 2.00 bits per heavy atom. The van der Waals surface area contributed by atoms with E-state index in [9.17, 15) is 0 Å². The first kappa shape index (κ1) is 15.0. The van der Waals surface area contributed by atoms with Gasteiger partial charge in [-0.2, -0.15) is 0 Å². The van der Waals surface area contributed by atoms with Crippen LogP contribution < -0.4 is 10.5 Å². The predicted molar refractivity (Wildman–Crippen MR) is 80.8 cm³/mol. The van der Waals surface area contributed by atoms with Crippen LogP contribution in [0.15, 0.2) is 30.3 Å². The molecule has 0 atom stereocenters. The number of hydrogen-bond acceptors (Lipinski definition) is 3. The quantitative estimate of drug-likeness (QED) is 0.920. The van der Waals surface area contributed by atoms with Gasteiger partial charge in [0, 0.05) is 16.3 Å². The molecular formula is C14H18ClNOS. The van der Waals surface area contributed by atoms with Gasteiger partial charge in [0.1, 0.15) is 5.75 Å². The van der Waals surface area contributed by atoms with Gasteiger partial charge in [-0.1, -0.05) is 0 Å². The number of nitrogens with two attached hydrogens (primary N) is 1. The minimum absolute atomic E-state index is 0. The van der Waals surface area contributed by atoms with Crippen LogP contribution >= 0.6 is 23.7 Å². The summed E-state index contributed by atoms with van der Waals surface area (Å²) in [5.41, 5.74) is 8.01. The number of benzene rings is 1. The molecule has 0 amide bonds. The van der Waals surface area contributed by atoms with Gasteiger partial charge in [-0.15, -0.1) is 23.7 Å². The van der Waals surface area contributed by atoms with Gasteiger partial charge in [-0.05, 0) is 55.3 Å². The van der Waals surface area contributed by atoms with Gasteiger partial charge in [-0.25, -0.2) is 0 Å². The average Bonchev–Trinajstić information content (AvgIpc) is 2.76. The van der Waals surface area contributed by atoms with Crippen molar-refractivity contribution >= 4 is 23.7 Å². The van der Waals surface area contributed by atoms with Crippen LogP contribution in [0.3, 0.4) is 0 Å². The first-order valence-corrected chi connectivity index (χ1v) is 6.58. The number of halogens is 1. The number of aryl methyl sites for hydroxylation is 1. The molecule has 0 aliphatic rings. The van der Waals surface area contributed by atoms with E-state index >= 15 is 0 Å². The van der Waals surface area contributed by atoms with Crippen LogP contribution in [0.1, 0.15) is 17.4 Å². The van der Waals surface area contributed by atoms with Gasteiger partial charge >= 0.3 is 0 Å². The average molecular weight is 284 g/mol. The van der Waals surface area contributed by atoms with E-state index in [4.69, 9.17) is 10.5 Å². The zero-order chi connectivity index (χ0) is 12.3. The molecule has 1 heterocycles. The monoisotopic (exact) mass is 283 g/mol. The number of ether oxygens (including phenoxy) is 1. The molecule has 2 nitrogen and oxygen atoms in total. The molecule has 18 heavy (non-hydrogen) atoms. The summed E-state index contributed by atoms with van der Waals surface area (Å²) in [4.78, 5) is 2.58. The zero-order valence-corrected chi connectivity index (χ0v) is 12.2. The highest BCUT2D eigenvalue weighted by atomic mass is 35.5. The van der Waals surface area contributed by atoms with Crippen molar-refractivity contribution in [3.8, 4) is 16.2 Å². The second-order valence-corrected chi connectivity index (χ2v) is 5.20. The van der Waals surface area contributed by atoms with Gasteiger partial charge < -0.3 is 10.5 Å². The van der Waals surface area contributed by atoms with Crippen molar-refractivity contribution in [3.63, 3.8) is 0 Å². The molecule has 0 saturated heterocycles. The van der Waals surface area contributed by atoms with Crippen LogP contribution in [0, 0.1) is 6.92 Å². The summed E-state index contributed by atoms with van der Waals surface area (Å²) in [6.45, 7) is 5.32. The third-order valence-electron chi connectivity index (χ3n) is 2.54. The van der Waals surface area contributed by atoms with Gasteiger partial charge in [0.15, 0.2) is 0 Å². The first-order valence-electron chi connectivity index (χ1n) is 5.76. The van der Waals surface area contributed by atoms with Gasteiger partial charge in [0.05, 0.1) is 6.61 Å². The smallest absolute Gasteiger partial charge is 0.120 e. The predicted octanol–water partition coefficient (Wildman–Crippen LogP) is 4.00. The SMILES string of the molecule is CCOc1cc(CN)cc(-c2ccc(C)s2)c1.Cl. The molecule has 0 saturated carbocycles. The van der Waals surface area contributed by atoms with Crippen molar-refractivity contribution < 1.29 is 4.74 Å². The van der Waals surface area contributed by atoms with E-state index in [1.165, 1.54) is 15.3 Å². The van der Waals surface area contributed by atoms with E-state index in [0.29, 0.717) is 13.2 Å². The lowest BCUT2D eigenvalue weighted by Gasteiger charge is -2.08. The molecule has 4 heteroatoms. The van der Waals surface area contributed by atoms with Crippen LogP contribution in [0.4, 0.5) is 0 Å². The lowest BCUT2D eigenvalue weighted by atomic mass is 10.1. The van der Waals surface area contributed by atoms with Crippen molar-refractivity contribution in [1.82, 2.24) is 0 Å². The molecule has 98 valence electrons. The fraction of sp³-hybridized carbons (Fsp3) is 0.286. The summed E-state index contributed by atoms with van der Waals surface area (Å²) in [5.74, 6) is 0.900. The summed E-state index contributed by atoms with van der Waals surface area (Å²) >= 11 is 1.79. The standard InChI is InChI=1S/C14H17NOS.ClH/c1-3-16-13-7-11(9-15)6-12(8-13)14-5-4-10(2)17-14;/h4-8H,3,9,15H2,1-2H3;1H. The lowest BCUT2D eigenvalue weighted by molar-refractivity contribution is 0.340. The molecule has 0 unspecified atom stereocenters. The Labute approximate surface area is 118 Å². The fourth-order valence-corrected chi connectivity index (χ4v) is 2.62. The highest BCUT2D eigenvalue weighted by Gasteiger charge is 2.05. The van der Waals surface area contributed by atoms with Crippen molar-refractivity contribution in [2.75, 3.05) is 6.61 Å². The second kappa shape index (κ2) is 6.78. The molecule has 0 radical (unpaired) electrons. The topological polar surface area (TPSA) is 35.2 Å². The maximum absolute atomic E-state index is 5.71. The number of rotatable bonds is 4. The van der Waals surface area contributed by atoms with Crippen LogP contribution in [0.2, 0.25) is 0 Å². The van der Waals surface area contributed by atoms with Crippen LogP contribution in [-0.4, -0.2) is 6.61 Å². The Hall–Kier alpha value is -1.03. The van der Waals surface area contributed by atoms with Crippen molar-refractivity contribution in [2.45, 2.75) is 20.4 Å². The summed E-state index contributed by atoms with van der Waals surface area (Å²) in [6.07, 6.45) is 0. The Balaban J connectivity index is 0.00000162. The van der Waals surface area contributed by atoms with E-state index in [2.05, 4.69) is 31.2 Å². The van der Waals surface area contributed by atoms with Crippen LogP contribution in [0.25, 0.3) is 10.4 Å². The molecular weight excluding hydrogens is 266 g/mol. The lowest BCUT2D eigenvalue weighted by Crippen LogP contribution is -1.98. The normalized spacial score (nSPS) is 9.94. The van der Waals surface area contributed by atoms with E-state index in [-0.39, 0.29) is 12.4 Å². The molecule has 2 N–H and O–H groups in total. The molecule has 0 aliphatic heterocycles. The maximum atomic E-state index is 5.71. The Kier molecular flexibility index (Phi) is 5.66. The highest BCUT2D eigenvalue weighted by Crippen LogP contribution is 2.31. The third kappa shape index (κ3) is 3.48. The third-order valence-corrected chi connectivity index (χ3v) is 3.59. The summed E-state index contributed by atoms with van der Waals surface area (Å²) in [7, 11) is 0. The molecule has 0 aliphatic carbocycles. The Bertz CT molecular complexity index is 510. The van der Waals surface area contributed by atoms with Crippen LogP contribution in [-0.2, 0) is 6.54 Å². The molecule has 0 fully saturated rings. The van der Waals surface area contributed by atoms with Crippen LogP contribution in [0.5, 0.6) is 5.75 Å². The molecule has 1 aromatic heterocycles. The molecule has 2 rings (SSSR count). The molecule has 2 aromatic rings. The zero-order valence-electron chi connectivity index (χ0n) is 10.6. The molecule has 0 spiro atoms. The second-order valence-electron chi connectivity index (χ2n) is 3.91.